The summed E-state index contributed by atoms with van der Waals surface area (Å²) in [5, 5.41) is 0. The van der Waals surface area contributed by atoms with Crippen molar-refractivity contribution in [3.8, 4) is 0 Å². The Morgan fingerprint density at radius 3 is 2.79 bits per heavy atom. The number of nitrogens with two attached hydrogens (primary N) is 1. The van der Waals surface area contributed by atoms with E-state index < -0.39 is 0 Å². The van der Waals surface area contributed by atoms with Gasteiger partial charge in [0.1, 0.15) is 0 Å². The second-order valence-corrected chi connectivity index (χ2v) is 5.61. The summed E-state index contributed by atoms with van der Waals surface area (Å²) in [6, 6.07) is 11.2. The van der Waals surface area contributed by atoms with Crippen molar-refractivity contribution >= 4 is 0 Å². The van der Waals surface area contributed by atoms with Crippen molar-refractivity contribution in [1.29, 1.82) is 0 Å². The molecule has 0 radical (unpaired) electrons. The van der Waals surface area contributed by atoms with Gasteiger partial charge in [0.15, 0.2) is 0 Å². The van der Waals surface area contributed by atoms with Crippen LogP contribution in [0.2, 0.25) is 0 Å². The molecule has 0 amide bonds. The first kappa shape index (κ1) is 14.5. The highest BCUT2D eigenvalue weighted by Gasteiger charge is 2.26. The lowest BCUT2D eigenvalue weighted by molar-refractivity contribution is -0.0573. The highest BCUT2D eigenvalue weighted by atomic mass is 16.5. The summed E-state index contributed by atoms with van der Waals surface area (Å²) in [6.07, 6.45) is 2.40. The smallest absolute Gasteiger partial charge is 0.0674 e. The molecule has 1 aromatic carbocycles. The lowest BCUT2D eigenvalue weighted by Gasteiger charge is -2.39. The van der Waals surface area contributed by atoms with Gasteiger partial charge in [0.05, 0.1) is 12.7 Å². The van der Waals surface area contributed by atoms with E-state index in [4.69, 9.17) is 10.5 Å². The van der Waals surface area contributed by atoms with Crippen LogP contribution in [0.3, 0.4) is 0 Å². The zero-order valence-corrected chi connectivity index (χ0v) is 12.1. The molecule has 106 valence electrons. The number of hydrogen-bond donors (Lipinski definition) is 1. The Bertz CT molecular complexity index is 368. The normalized spacial score (nSPS) is 26.3. The summed E-state index contributed by atoms with van der Waals surface area (Å²) in [7, 11) is 0. The SMILES string of the molecule is CCC1COC(C)CN1CC(N)Cc1ccccc1. The fourth-order valence-corrected chi connectivity index (χ4v) is 2.80. The fourth-order valence-electron chi connectivity index (χ4n) is 2.80. The first-order valence-corrected chi connectivity index (χ1v) is 7.34. The van der Waals surface area contributed by atoms with Crippen LogP contribution >= 0.6 is 0 Å². The molecule has 19 heavy (non-hydrogen) atoms. The lowest BCUT2D eigenvalue weighted by Crippen LogP contribution is -2.52. The molecule has 0 saturated carbocycles. The lowest BCUT2D eigenvalue weighted by atomic mass is 10.0. The zero-order chi connectivity index (χ0) is 13.7. The van der Waals surface area contributed by atoms with Crippen LogP contribution < -0.4 is 5.73 Å². The summed E-state index contributed by atoms with van der Waals surface area (Å²) < 4.78 is 5.73. The van der Waals surface area contributed by atoms with Crippen molar-refractivity contribution < 1.29 is 4.74 Å². The minimum Gasteiger partial charge on any atom is -0.376 e. The van der Waals surface area contributed by atoms with Gasteiger partial charge in [-0.1, -0.05) is 37.3 Å². The maximum Gasteiger partial charge on any atom is 0.0674 e. The maximum atomic E-state index is 6.32. The Kier molecular flexibility index (Phi) is 5.37. The van der Waals surface area contributed by atoms with E-state index in [0.717, 1.165) is 32.5 Å². The van der Waals surface area contributed by atoms with E-state index in [1.165, 1.54) is 5.56 Å². The van der Waals surface area contributed by atoms with Crippen molar-refractivity contribution in [3.05, 3.63) is 35.9 Å². The molecule has 1 aromatic rings. The molecule has 3 atom stereocenters. The van der Waals surface area contributed by atoms with Gasteiger partial charge in [-0.25, -0.2) is 0 Å². The van der Waals surface area contributed by atoms with Crippen LogP contribution in [-0.2, 0) is 11.2 Å². The van der Waals surface area contributed by atoms with Gasteiger partial charge in [-0.05, 0) is 25.3 Å². The second-order valence-electron chi connectivity index (χ2n) is 5.61. The molecule has 1 fully saturated rings. The van der Waals surface area contributed by atoms with Gasteiger partial charge in [-0.2, -0.15) is 0 Å². The topological polar surface area (TPSA) is 38.5 Å². The molecule has 0 aliphatic carbocycles. The first-order chi connectivity index (χ1) is 9.19. The number of nitrogens with zero attached hydrogens (tertiary/aromatic N) is 1. The van der Waals surface area contributed by atoms with E-state index in [1.54, 1.807) is 0 Å². The molecule has 3 nitrogen and oxygen atoms in total. The number of hydrogen-bond acceptors (Lipinski definition) is 3. The van der Waals surface area contributed by atoms with Crippen LogP contribution in [0.15, 0.2) is 30.3 Å². The third-order valence-electron chi connectivity index (χ3n) is 3.86. The van der Waals surface area contributed by atoms with Crippen molar-refractivity contribution in [2.75, 3.05) is 19.7 Å². The molecule has 1 saturated heterocycles. The minimum absolute atomic E-state index is 0.196. The van der Waals surface area contributed by atoms with E-state index >= 15 is 0 Å². The van der Waals surface area contributed by atoms with Gasteiger partial charge >= 0.3 is 0 Å². The molecule has 1 heterocycles. The van der Waals surface area contributed by atoms with Crippen LogP contribution in [0, 0.1) is 0 Å². The average Bonchev–Trinajstić information content (AvgIpc) is 2.40. The Labute approximate surface area is 116 Å². The van der Waals surface area contributed by atoms with E-state index in [1.807, 2.05) is 6.07 Å². The third-order valence-corrected chi connectivity index (χ3v) is 3.86. The summed E-state index contributed by atoms with van der Waals surface area (Å²) >= 11 is 0. The molecule has 3 heteroatoms. The molecule has 2 N–H and O–H groups in total. The highest BCUT2D eigenvalue weighted by molar-refractivity contribution is 5.15. The van der Waals surface area contributed by atoms with Crippen molar-refractivity contribution in [2.24, 2.45) is 5.73 Å². The molecule has 1 aliphatic rings. The predicted molar refractivity (Wildman–Crippen MR) is 79.2 cm³/mol. The van der Waals surface area contributed by atoms with E-state index in [2.05, 4.69) is 43.0 Å². The highest BCUT2D eigenvalue weighted by Crippen LogP contribution is 2.15. The third kappa shape index (κ3) is 4.30. The summed E-state index contributed by atoms with van der Waals surface area (Å²) in [4.78, 5) is 2.50. The van der Waals surface area contributed by atoms with Gasteiger partial charge in [0, 0.05) is 25.2 Å². The number of rotatable bonds is 5. The van der Waals surface area contributed by atoms with Gasteiger partial charge in [0.25, 0.3) is 0 Å². The van der Waals surface area contributed by atoms with Gasteiger partial charge < -0.3 is 10.5 Å². The predicted octanol–water partition coefficient (Wildman–Crippen LogP) is 2.06. The van der Waals surface area contributed by atoms with Crippen molar-refractivity contribution in [3.63, 3.8) is 0 Å². The minimum atomic E-state index is 0.196. The van der Waals surface area contributed by atoms with Crippen LogP contribution in [0.1, 0.15) is 25.8 Å². The van der Waals surface area contributed by atoms with Gasteiger partial charge in [-0.3, -0.25) is 4.90 Å². The fraction of sp³-hybridized carbons (Fsp3) is 0.625. The Morgan fingerprint density at radius 2 is 2.11 bits per heavy atom. The standard InChI is InChI=1S/C16H26N2O/c1-3-16-12-19-13(2)10-18(16)11-15(17)9-14-7-5-4-6-8-14/h4-8,13,15-16H,3,9-12,17H2,1-2H3. The molecular weight excluding hydrogens is 236 g/mol. The van der Waals surface area contributed by atoms with Gasteiger partial charge in [0.2, 0.25) is 0 Å². The quantitative estimate of drug-likeness (QED) is 0.882. The van der Waals surface area contributed by atoms with Crippen LogP contribution in [-0.4, -0.2) is 42.8 Å². The average molecular weight is 262 g/mol. The molecule has 0 aromatic heterocycles. The van der Waals surface area contributed by atoms with Gasteiger partial charge in [-0.15, -0.1) is 0 Å². The zero-order valence-electron chi connectivity index (χ0n) is 12.1. The van der Waals surface area contributed by atoms with E-state index in [9.17, 15) is 0 Å². The molecular formula is C16H26N2O. The molecule has 3 unspecified atom stereocenters. The van der Waals surface area contributed by atoms with Crippen molar-refractivity contribution in [2.45, 2.75) is 44.9 Å². The Balaban J connectivity index is 1.88. The monoisotopic (exact) mass is 262 g/mol. The van der Waals surface area contributed by atoms with Crippen molar-refractivity contribution in [1.82, 2.24) is 4.90 Å². The van der Waals surface area contributed by atoms with E-state index in [-0.39, 0.29) is 6.04 Å². The summed E-state index contributed by atoms with van der Waals surface area (Å²) in [5.41, 5.74) is 7.64. The van der Waals surface area contributed by atoms with Crippen LogP contribution in [0.4, 0.5) is 0 Å². The maximum absolute atomic E-state index is 6.32. The molecule has 2 rings (SSSR count). The Hall–Kier alpha value is -0.900. The largest absolute Gasteiger partial charge is 0.376 e. The van der Waals surface area contributed by atoms with E-state index in [0.29, 0.717) is 12.1 Å². The number of benzene rings is 1. The first-order valence-electron chi connectivity index (χ1n) is 7.34. The number of morpholine rings is 1. The Morgan fingerprint density at radius 1 is 1.37 bits per heavy atom. The summed E-state index contributed by atoms with van der Waals surface area (Å²) in [6.45, 7) is 7.17. The van der Waals surface area contributed by atoms with Crippen LogP contribution in [0.5, 0.6) is 0 Å². The second kappa shape index (κ2) is 7.04. The molecule has 0 spiro atoms. The summed E-state index contributed by atoms with van der Waals surface area (Å²) in [5.74, 6) is 0. The molecule has 1 aliphatic heterocycles. The molecule has 0 bridgehead atoms. The van der Waals surface area contributed by atoms with Crippen LogP contribution in [0.25, 0.3) is 0 Å². The number of ether oxygens (including phenoxy) is 1.